The van der Waals surface area contributed by atoms with E-state index in [4.69, 9.17) is 5.73 Å². The van der Waals surface area contributed by atoms with Crippen molar-refractivity contribution in [2.75, 3.05) is 38.6 Å². The van der Waals surface area contributed by atoms with Gasteiger partial charge < -0.3 is 20.9 Å². The van der Waals surface area contributed by atoms with Gasteiger partial charge in [-0.15, -0.1) is 0 Å². The van der Waals surface area contributed by atoms with Crippen LogP contribution in [0.25, 0.3) is 10.9 Å². The fourth-order valence-electron chi connectivity index (χ4n) is 5.69. The lowest BCUT2D eigenvalue weighted by molar-refractivity contribution is -0.137. The largest absolute Gasteiger partial charge is 0.416 e. The third-order valence-corrected chi connectivity index (χ3v) is 7.85. The lowest BCUT2D eigenvalue weighted by Crippen LogP contribution is -2.64. The van der Waals surface area contributed by atoms with Gasteiger partial charge in [-0.3, -0.25) is 9.69 Å². The summed E-state index contributed by atoms with van der Waals surface area (Å²) in [6, 6.07) is 3.72. The van der Waals surface area contributed by atoms with Crippen molar-refractivity contribution in [1.29, 1.82) is 0 Å². The highest BCUT2D eigenvalue weighted by Crippen LogP contribution is 2.37. The van der Waals surface area contributed by atoms with Gasteiger partial charge in [-0.2, -0.15) is 13.2 Å². The number of nitrogens with two attached hydrogens (primary N) is 1. The van der Waals surface area contributed by atoms with Gasteiger partial charge in [-0.25, -0.2) is 14.8 Å². The molecule has 12 heteroatoms. The lowest BCUT2D eigenvalue weighted by atomic mass is 9.79. The Kier molecular flexibility index (Phi) is 8.29. The van der Waals surface area contributed by atoms with Gasteiger partial charge in [0.05, 0.1) is 23.7 Å². The number of rotatable bonds is 8. The summed E-state index contributed by atoms with van der Waals surface area (Å²) in [5, 5.41) is 3.38. The van der Waals surface area contributed by atoms with Crippen molar-refractivity contribution in [1.82, 2.24) is 25.1 Å². The number of halogens is 3. The molecule has 4 rings (SSSR count). The van der Waals surface area contributed by atoms with Crippen LogP contribution in [0.5, 0.6) is 0 Å². The van der Waals surface area contributed by atoms with Crippen molar-refractivity contribution in [3.8, 4) is 0 Å². The Morgan fingerprint density at radius 3 is 2.42 bits per heavy atom. The molecule has 2 aliphatic rings. The molecule has 1 saturated heterocycles. The van der Waals surface area contributed by atoms with Crippen molar-refractivity contribution in [2.45, 2.75) is 63.3 Å². The van der Waals surface area contributed by atoms with Crippen LogP contribution in [-0.4, -0.2) is 83.6 Å². The molecule has 2 aromatic rings. The highest BCUT2D eigenvalue weighted by atomic mass is 19.4. The van der Waals surface area contributed by atoms with E-state index >= 15 is 0 Å². The summed E-state index contributed by atoms with van der Waals surface area (Å²) in [6.07, 6.45) is 1.72. The number of carbonyl (C=O) groups is 2. The second kappa shape index (κ2) is 11.3. The molecule has 38 heavy (non-hydrogen) atoms. The van der Waals surface area contributed by atoms with E-state index in [1.54, 1.807) is 23.9 Å². The van der Waals surface area contributed by atoms with Gasteiger partial charge in [0, 0.05) is 44.7 Å². The summed E-state index contributed by atoms with van der Waals surface area (Å²) < 4.78 is 40.2. The summed E-state index contributed by atoms with van der Waals surface area (Å²) in [5.41, 5.74) is 5.11. The molecule has 2 heterocycles. The zero-order chi connectivity index (χ0) is 27.6. The maximum Gasteiger partial charge on any atom is 0.416 e. The molecule has 9 nitrogen and oxygen atoms in total. The predicted molar refractivity (Wildman–Crippen MR) is 138 cm³/mol. The maximum atomic E-state index is 13.4. The Bertz CT molecular complexity index is 1150. The SMILES string of the molecule is CC[C@H](NC(=O)N(C)C)C1CCC(N2CC(N(CC(N)=O)c3ncnc4ccc(C(F)(F)F)cc34)C2)CC1. The van der Waals surface area contributed by atoms with Crippen molar-refractivity contribution >= 4 is 28.7 Å². The van der Waals surface area contributed by atoms with Crippen molar-refractivity contribution in [3.05, 3.63) is 30.1 Å². The number of hydrogen-bond acceptors (Lipinski definition) is 6. The minimum atomic E-state index is -4.51. The van der Waals surface area contributed by atoms with Crippen LogP contribution in [0.2, 0.25) is 0 Å². The van der Waals surface area contributed by atoms with E-state index in [1.165, 1.54) is 12.4 Å². The molecule has 0 radical (unpaired) electrons. The Morgan fingerprint density at radius 1 is 1.16 bits per heavy atom. The summed E-state index contributed by atoms with van der Waals surface area (Å²) in [6.45, 7) is 3.29. The van der Waals surface area contributed by atoms with Crippen molar-refractivity contribution < 1.29 is 22.8 Å². The summed E-state index contributed by atoms with van der Waals surface area (Å²) in [4.78, 5) is 38.1. The second-order valence-electron chi connectivity index (χ2n) is 10.6. The van der Waals surface area contributed by atoms with E-state index in [0.717, 1.165) is 44.2 Å². The van der Waals surface area contributed by atoms with Crippen LogP contribution in [0.15, 0.2) is 24.5 Å². The van der Waals surface area contributed by atoms with Crippen molar-refractivity contribution in [2.24, 2.45) is 11.7 Å². The number of fused-ring (bicyclic) bond motifs is 1. The molecular weight excluding hydrogens is 499 g/mol. The summed E-state index contributed by atoms with van der Waals surface area (Å²) >= 11 is 0. The number of primary amides is 1. The number of likely N-dealkylation sites (tertiary alicyclic amines) is 1. The monoisotopic (exact) mass is 535 g/mol. The quantitative estimate of drug-likeness (QED) is 0.538. The van der Waals surface area contributed by atoms with Crippen LogP contribution in [0, 0.1) is 5.92 Å². The molecule has 3 N–H and O–H groups in total. The predicted octanol–water partition coefficient (Wildman–Crippen LogP) is 3.23. The fraction of sp³-hybridized carbons (Fsp3) is 0.615. The number of anilines is 1. The first-order valence-electron chi connectivity index (χ1n) is 13.1. The van der Waals surface area contributed by atoms with Crippen molar-refractivity contribution in [3.63, 3.8) is 0 Å². The van der Waals surface area contributed by atoms with Gasteiger partial charge in [-0.1, -0.05) is 6.92 Å². The first kappa shape index (κ1) is 27.9. The van der Waals surface area contributed by atoms with Gasteiger partial charge in [-0.05, 0) is 56.2 Å². The molecule has 1 aromatic heterocycles. The molecule has 1 aliphatic carbocycles. The number of benzene rings is 1. The first-order chi connectivity index (χ1) is 18.0. The number of amides is 3. The third-order valence-electron chi connectivity index (χ3n) is 7.85. The van der Waals surface area contributed by atoms with Gasteiger partial charge >= 0.3 is 12.2 Å². The van der Waals surface area contributed by atoms with E-state index < -0.39 is 17.6 Å². The molecule has 1 atom stereocenters. The molecule has 0 spiro atoms. The Balaban J connectivity index is 1.43. The zero-order valence-electron chi connectivity index (χ0n) is 22.0. The highest BCUT2D eigenvalue weighted by Gasteiger charge is 2.40. The minimum Gasteiger partial charge on any atom is -0.368 e. The Labute approximate surface area is 220 Å². The van der Waals surface area contributed by atoms with Crippen LogP contribution in [0.4, 0.5) is 23.8 Å². The number of hydrogen-bond donors (Lipinski definition) is 2. The normalized spacial score (nSPS) is 21.5. The average Bonchev–Trinajstić information content (AvgIpc) is 2.84. The highest BCUT2D eigenvalue weighted by molar-refractivity contribution is 5.92. The number of nitrogens with one attached hydrogen (secondary N) is 1. The lowest BCUT2D eigenvalue weighted by Gasteiger charge is -2.50. The first-order valence-corrected chi connectivity index (χ1v) is 13.1. The van der Waals surface area contributed by atoms with E-state index in [-0.39, 0.29) is 35.9 Å². The molecule has 3 amide bonds. The van der Waals surface area contributed by atoms with Gasteiger partial charge in [0.2, 0.25) is 5.91 Å². The topological polar surface area (TPSA) is 108 Å². The average molecular weight is 536 g/mol. The fourth-order valence-corrected chi connectivity index (χ4v) is 5.69. The van der Waals surface area contributed by atoms with Crippen LogP contribution < -0.4 is 16.0 Å². The maximum absolute atomic E-state index is 13.4. The van der Waals surface area contributed by atoms with E-state index in [0.29, 0.717) is 30.6 Å². The van der Waals surface area contributed by atoms with Crippen LogP contribution in [-0.2, 0) is 11.0 Å². The van der Waals surface area contributed by atoms with E-state index in [2.05, 4.69) is 27.1 Å². The second-order valence-corrected chi connectivity index (χ2v) is 10.6. The van der Waals surface area contributed by atoms with E-state index in [1.807, 2.05) is 0 Å². The number of aromatic nitrogens is 2. The number of urea groups is 1. The molecule has 2 fully saturated rings. The van der Waals surface area contributed by atoms with E-state index in [9.17, 15) is 22.8 Å². The van der Waals surface area contributed by atoms with Crippen LogP contribution in [0.3, 0.4) is 0 Å². The zero-order valence-corrected chi connectivity index (χ0v) is 22.0. The standard InChI is InChI=1S/C26H36F3N7O2/c1-4-21(33-25(38)34(2)3)16-5-8-18(9-6-16)35-12-19(13-35)36(14-23(30)37)24-20-11-17(26(27,28)29)7-10-22(20)31-15-32-24/h7,10-11,15-16,18-19,21H,4-6,8-9,12-14H2,1-3H3,(H2,30,37)(H,33,38)/t16?,18?,21-/m0/s1. The molecule has 208 valence electrons. The molecule has 1 aliphatic heterocycles. The van der Waals surface area contributed by atoms with Crippen LogP contribution >= 0.6 is 0 Å². The molecule has 1 aromatic carbocycles. The summed E-state index contributed by atoms with van der Waals surface area (Å²) in [5.74, 6) is 0.141. The van der Waals surface area contributed by atoms with Crippen LogP contribution in [0.1, 0.15) is 44.6 Å². The van der Waals surface area contributed by atoms with Gasteiger partial charge in [0.25, 0.3) is 0 Å². The Morgan fingerprint density at radius 2 is 1.84 bits per heavy atom. The smallest absolute Gasteiger partial charge is 0.368 e. The number of alkyl halides is 3. The third kappa shape index (κ3) is 6.11. The molecule has 1 saturated carbocycles. The molecular formula is C26H36F3N7O2. The summed E-state index contributed by atoms with van der Waals surface area (Å²) in [7, 11) is 3.47. The molecule has 0 bridgehead atoms. The van der Waals surface area contributed by atoms with Gasteiger partial charge in [0.15, 0.2) is 0 Å². The number of carbonyl (C=O) groups excluding carboxylic acids is 2. The Hall–Kier alpha value is -3.15. The molecule has 0 unspecified atom stereocenters. The minimum absolute atomic E-state index is 0.0706. The number of nitrogens with zero attached hydrogens (tertiary/aromatic N) is 5. The van der Waals surface area contributed by atoms with Gasteiger partial charge in [0.1, 0.15) is 12.1 Å².